The lowest BCUT2D eigenvalue weighted by Gasteiger charge is -2.19. The van der Waals surface area contributed by atoms with Crippen LogP contribution in [0.4, 0.5) is 0 Å². The van der Waals surface area contributed by atoms with Gasteiger partial charge in [0.25, 0.3) is 0 Å². The fraction of sp³-hybridized carbons (Fsp3) is 0.917. The fourth-order valence-corrected chi connectivity index (χ4v) is 2.80. The van der Waals surface area contributed by atoms with Crippen molar-refractivity contribution in [1.82, 2.24) is 10.0 Å². The summed E-state index contributed by atoms with van der Waals surface area (Å²) in [4.78, 5) is 12.0. The lowest BCUT2D eigenvalue weighted by Crippen LogP contribution is -2.48. The van der Waals surface area contributed by atoms with Crippen LogP contribution < -0.4 is 10.0 Å². The van der Waals surface area contributed by atoms with Crippen molar-refractivity contribution in [3.8, 4) is 0 Å². The predicted octanol–water partition coefficient (Wildman–Crippen LogP) is 0.182. The van der Waals surface area contributed by atoms with Crippen molar-refractivity contribution < 1.29 is 18.3 Å². The third kappa shape index (κ3) is 8.78. The molecule has 0 aromatic heterocycles. The smallest absolute Gasteiger partial charge is 0.238 e. The highest BCUT2D eigenvalue weighted by Gasteiger charge is 2.23. The van der Waals surface area contributed by atoms with Gasteiger partial charge in [0.2, 0.25) is 15.9 Å². The maximum absolute atomic E-state index is 12.0. The molecule has 20 heavy (non-hydrogen) atoms. The molecule has 1 amide bonds. The molecule has 2 atom stereocenters. The van der Waals surface area contributed by atoms with Crippen molar-refractivity contribution >= 4 is 27.7 Å². The number of aliphatic hydroxyl groups is 1. The molecule has 3 N–H and O–H groups in total. The summed E-state index contributed by atoms with van der Waals surface area (Å²) >= 11 is 1.57. The Hall–Kier alpha value is -0.310. The molecule has 0 aliphatic rings. The van der Waals surface area contributed by atoms with E-state index in [1.165, 1.54) is 6.92 Å². The van der Waals surface area contributed by atoms with Crippen LogP contribution in [0.1, 0.15) is 26.7 Å². The van der Waals surface area contributed by atoms with Crippen LogP contribution in [0.2, 0.25) is 0 Å². The highest BCUT2D eigenvalue weighted by Crippen LogP contribution is 2.04. The molecule has 0 aliphatic heterocycles. The third-order valence-electron chi connectivity index (χ3n) is 2.88. The van der Waals surface area contributed by atoms with Crippen LogP contribution in [-0.4, -0.2) is 56.4 Å². The number of carbonyl (C=O) groups excluding carboxylic acids is 1. The SMILES string of the molecule is CCS(=O)(=O)NC(CCSC)C(=O)NCC(C)CCO. The van der Waals surface area contributed by atoms with Crippen LogP contribution >= 0.6 is 11.8 Å². The van der Waals surface area contributed by atoms with E-state index in [1.54, 1.807) is 11.8 Å². The lowest BCUT2D eigenvalue weighted by atomic mass is 10.1. The van der Waals surface area contributed by atoms with Crippen molar-refractivity contribution in [2.75, 3.05) is 30.9 Å². The molecule has 0 heterocycles. The lowest BCUT2D eigenvalue weighted by molar-refractivity contribution is -0.122. The second-order valence-electron chi connectivity index (χ2n) is 4.72. The van der Waals surface area contributed by atoms with Crippen LogP contribution in [0.5, 0.6) is 0 Å². The first-order valence-corrected chi connectivity index (χ1v) is 9.78. The van der Waals surface area contributed by atoms with Crippen LogP contribution in [0.3, 0.4) is 0 Å². The number of rotatable bonds is 11. The molecule has 0 saturated carbocycles. The number of hydrogen-bond donors (Lipinski definition) is 3. The van der Waals surface area contributed by atoms with Crippen molar-refractivity contribution in [1.29, 1.82) is 0 Å². The average Bonchev–Trinajstić information content (AvgIpc) is 2.41. The Morgan fingerprint density at radius 2 is 2.00 bits per heavy atom. The molecular formula is C12H26N2O4S2. The van der Waals surface area contributed by atoms with Gasteiger partial charge in [-0.15, -0.1) is 0 Å². The topological polar surface area (TPSA) is 95.5 Å². The molecule has 0 radical (unpaired) electrons. The van der Waals surface area contributed by atoms with Gasteiger partial charge in [0.05, 0.1) is 5.75 Å². The van der Waals surface area contributed by atoms with E-state index in [2.05, 4.69) is 10.0 Å². The first-order valence-electron chi connectivity index (χ1n) is 6.73. The number of carbonyl (C=O) groups is 1. The van der Waals surface area contributed by atoms with E-state index in [0.717, 1.165) is 0 Å². The van der Waals surface area contributed by atoms with E-state index >= 15 is 0 Å². The number of thioether (sulfide) groups is 1. The Labute approximate surface area is 126 Å². The van der Waals surface area contributed by atoms with Gasteiger partial charge in [-0.3, -0.25) is 4.79 Å². The van der Waals surface area contributed by atoms with E-state index in [-0.39, 0.29) is 24.2 Å². The Bertz CT molecular complexity index is 374. The molecule has 0 saturated heterocycles. The highest BCUT2D eigenvalue weighted by molar-refractivity contribution is 7.98. The molecule has 8 heteroatoms. The van der Waals surface area contributed by atoms with E-state index in [4.69, 9.17) is 5.11 Å². The van der Waals surface area contributed by atoms with E-state index in [1.807, 2.05) is 13.2 Å². The molecule has 120 valence electrons. The van der Waals surface area contributed by atoms with Gasteiger partial charge in [-0.1, -0.05) is 6.92 Å². The molecule has 0 spiro atoms. The molecule has 0 aromatic rings. The minimum absolute atomic E-state index is 0.0447. The normalized spacial score (nSPS) is 14.8. The van der Waals surface area contributed by atoms with Gasteiger partial charge in [-0.25, -0.2) is 13.1 Å². The maximum atomic E-state index is 12.0. The van der Waals surface area contributed by atoms with Crippen LogP contribution in [-0.2, 0) is 14.8 Å². The van der Waals surface area contributed by atoms with Crippen molar-refractivity contribution in [2.45, 2.75) is 32.7 Å². The first-order chi connectivity index (χ1) is 9.36. The number of nitrogens with one attached hydrogen (secondary N) is 2. The van der Waals surface area contributed by atoms with E-state index in [9.17, 15) is 13.2 Å². The Morgan fingerprint density at radius 3 is 2.50 bits per heavy atom. The summed E-state index contributed by atoms with van der Waals surface area (Å²) < 4.78 is 25.6. The van der Waals surface area contributed by atoms with Gasteiger partial charge in [0.15, 0.2) is 0 Å². The Balaban J connectivity index is 4.49. The molecule has 0 aromatic carbocycles. The zero-order valence-electron chi connectivity index (χ0n) is 12.4. The quantitative estimate of drug-likeness (QED) is 0.503. The molecule has 2 unspecified atom stereocenters. The summed E-state index contributed by atoms with van der Waals surface area (Å²) in [6.07, 6.45) is 2.98. The molecule has 0 rings (SSSR count). The molecule has 0 fully saturated rings. The molecular weight excluding hydrogens is 300 g/mol. The van der Waals surface area contributed by atoms with Gasteiger partial charge < -0.3 is 10.4 Å². The van der Waals surface area contributed by atoms with Gasteiger partial charge in [-0.2, -0.15) is 11.8 Å². The largest absolute Gasteiger partial charge is 0.396 e. The van der Waals surface area contributed by atoms with Gasteiger partial charge in [0.1, 0.15) is 6.04 Å². The number of aliphatic hydroxyl groups excluding tert-OH is 1. The highest BCUT2D eigenvalue weighted by atomic mass is 32.2. The van der Waals surface area contributed by atoms with Gasteiger partial charge in [-0.05, 0) is 37.7 Å². The summed E-state index contributed by atoms with van der Waals surface area (Å²) in [6, 6.07) is -0.728. The zero-order valence-corrected chi connectivity index (χ0v) is 14.0. The average molecular weight is 326 g/mol. The van der Waals surface area contributed by atoms with E-state index < -0.39 is 16.1 Å². The summed E-state index contributed by atoms with van der Waals surface area (Å²) in [5.41, 5.74) is 0. The zero-order chi connectivity index (χ0) is 15.6. The van der Waals surface area contributed by atoms with Crippen LogP contribution in [0.15, 0.2) is 0 Å². The summed E-state index contributed by atoms with van der Waals surface area (Å²) in [7, 11) is -3.40. The van der Waals surface area contributed by atoms with Crippen molar-refractivity contribution in [3.63, 3.8) is 0 Å². The maximum Gasteiger partial charge on any atom is 0.238 e. The van der Waals surface area contributed by atoms with Crippen LogP contribution in [0, 0.1) is 5.92 Å². The summed E-state index contributed by atoms with van der Waals surface area (Å²) in [5, 5.41) is 11.5. The minimum atomic E-state index is -3.40. The van der Waals surface area contributed by atoms with Gasteiger partial charge >= 0.3 is 0 Å². The molecule has 0 aliphatic carbocycles. The second-order valence-corrected chi connectivity index (χ2v) is 7.75. The van der Waals surface area contributed by atoms with Crippen molar-refractivity contribution in [3.05, 3.63) is 0 Å². The Morgan fingerprint density at radius 1 is 1.35 bits per heavy atom. The Kier molecular flexibility index (Phi) is 10.3. The molecule has 0 bridgehead atoms. The first kappa shape index (κ1) is 19.7. The summed E-state index contributed by atoms with van der Waals surface area (Å²) in [5.74, 6) is 0.516. The van der Waals surface area contributed by atoms with Crippen molar-refractivity contribution in [2.24, 2.45) is 5.92 Å². The second kappa shape index (κ2) is 10.4. The van der Waals surface area contributed by atoms with Crippen LogP contribution in [0.25, 0.3) is 0 Å². The standard InChI is InChI=1S/C12H26N2O4S2/c1-4-20(17,18)14-11(6-8-19-3)12(16)13-9-10(2)5-7-15/h10-11,14-15H,4-9H2,1-3H3,(H,13,16). The third-order valence-corrected chi connectivity index (χ3v) is 4.92. The summed E-state index contributed by atoms with van der Waals surface area (Å²) in [6.45, 7) is 3.97. The molecule has 6 nitrogen and oxygen atoms in total. The van der Waals surface area contributed by atoms with E-state index in [0.29, 0.717) is 25.1 Å². The number of hydrogen-bond acceptors (Lipinski definition) is 5. The number of sulfonamides is 1. The predicted molar refractivity (Wildman–Crippen MR) is 83.3 cm³/mol. The van der Waals surface area contributed by atoms with Gasteiger partial charge in [0, 0.05) is 13.2 Å². The monoisotopic (exact) mass is 326 g/mol. The number of amides is 1. The fourth-order valence-electron chi connectivity index (χ4n) is 1.50. The minimum Gasteiger partial charge on any atom is -0.396 e.